The van der Waals surface area contributed by atoms with Crippen molar-refractivity contribution in [1.82, 2.24) is 14.3 Å². The van der Waals surface area contributed by atoms with Gasteiger partial charge < -0.3 is 10.0 Å². The van der Waals surface area contributed by atoms with E-state index in [9.17, 15) is 14.7 Å². The monoisotopic (exact) mass is 446 g/mol. The summed E-state index contributed by atoms with van der Waals surface area (Å²) in [7, 11) is 0. The number of aliphatic hydroxyl groups is 1. The molecule has 0 radical (unpaired) electrons. The van der Waals surface area contributed by atoms with E-state index in [0.717, 1.165) is 16.9 Å². The highest BCUT2D eigenvalue weighted by atomic mass is 35.5. The van der Waals surface area contributed by atoms with Crippen LogP contribution in [0.15, 0.2) is 77.7 Å². The smallest absolute Gasteiger partial charge is 0.277 e. The van der Waals surface area contributed by atoms with Crippen LogP contribution >= 0.6 is 11.6 Å². The van der Waals surface area contributed by atoms with Gasteiger partial charge in [0.2, 0.25) is 0 Å². The van der Waals surface area contributed by atoms with Crippen molar-refractivity contribution in [2.45, 2.75) is 13.0 Å². The summed E-state index contributed by atoms with van der Waals surface area (Å²) in [6.07, 6.45) is 2.27. The Hall–Kier alpha value is -3.68. The molecule has 7 nitrogen and oxygen atoms in total. The molecule has 160 valence electrons. The largest absolute Gasteiger partial charge is 0.390 e. The number of carbonyl (C=O) groups excluding carboxylic acids is 1. The van der Waals surface area contributed by atoms with Gasteiger partial charge in [-0.2, -0.15) is 5.10 Å². The fourth-order valence-electron chi connectivity index (χ4n) is 4.03. The Morgan fingerprint density at radius 2 is 1.72 bits per heavy atom. The molecular formula is C24H19ClN4O3. The molecule has 32 heavy (non-hydrogen) atoms. The maximum atomic E-state index is 13.5. The molecule has 0 aliphatic carbocycles. The lowest BCUT2D eigenvalue weighted by Crippen LogP contribution is -2.38. The Labute approximate surface area is 188 Å². The van der Waals surface area contributed by atoms with Crippen LogP contribution in [-0.2, 0) is 13.0 Å². The molecule has 1 N–H and O–H groups in total. The van der Waals surface area contributed by atoms with Crippen LogP contribution < -0.4 is 10.5 Å². The molecule has 2 aromatic heterocycles. The van der Waals surface area contributed by atoms with Crippen LogP contribution in [-0.4, -0.2) is 31.9 Å². The molecule has 1 aliphatic heterocycles. The average Bonchev–Trinajstić information content (AvgIpc) is 3.20. The van der Waals surface area contributed by atoms with Gasteiger partial charge in [-0.05, 0) is 55.0 Å². The minimum absolute atomic E-state index is 0.124. The molecule has 0 saturated heterocycles. The molecule has 2 aromatic carbocycles. The number of fused-ring (bicyclic) bond motifs is 1. The number of amides is 1. The number of aliphatic hydroxyl groups excluding tert-OH is 1. The summed E-state index contributed by atoms with van der Waals surface area (Å²) in [6, 6.07) is 19.4. The van der Waals surface area contributed by atoms with E-state index < -0.39 is 0 Å². The van der Waals surface area contributed by atoms with E-state index in [1.165, 1.54) is 6.07 Å². The third-order valence-corrected chi connectivity index (χ3v) is 5.80. The number of carbonyl (C=O) groups is 1. The topological polar surface area (TPSA) is 80.4 Å². The van der Waals surface area contributed by atoms with Crippen LogP contribution in [0.5, 0.6) is 0 Å². The lowest BCUT2D eigenvalue weighted by Gasteiger charge is -2.28. The first-order valence-electron chi connectivity index (χ1n) is 10.1. The Balaban J connectivity index is 1.53. The number of anilines is 1. The van der Waals surface area contributed by atoms with Crippen molar-refractivity contribution in [3.05, 3.63) is 105 Å². The van der Waals surface area contributed by atoms with Gasteiger partial charge in [0.05, 0.1) is 18.0 Å². The molecule has 3 heterocycles. The van der Waals surface area contributed by atoms with E-state index in [2.05, 4.69) is 5.10 Å². The molecule has 0 fully saturated rings. The maximum Gasteiger partial charge on any atom is 0.277 e. The SMILES string of the molecule is O=C1c2c(c(CO)nn2-c2cccc(Cl)c2)CCN1c1ccc(-n2ccccc2=O)cc1. The first kappa shape index (κ1) is 20.2. The van der Waals surface area contributed by atoms with E-state index in [1.54, 1.807) is 50.7 Å². The highest BCUT2D eigenvalue weighted by Gasteiger charge is 2.33. The Morgan fingerprint density at radius 3 is 2.44 bits per heavy atom. The summed E-state index contributed by atoms with van der Waals surface area (Å²) in [5.41, 5.74) is 3.64. The van der Waals surface area contributed by atoms with Crippen molar-refractivity contribution >= 4 is 23.2 Å². The van der Waals surface area contributed by atoms with Gasteiger partial charge in [0.25, 0.3) is 11.5 Å². The summed E-state index contributed by atoms with van der Waals surface area (Å²) in [4.78, 5) is 27.3. The van der Waals surface area contributed by atoms with Crippen LogP contribution in [0.1, 0.15) is 21.7 Å². The number of rotatable bonds is 4. The van der Waals surface area contributed by atoms with Crippen LogP contribution in [0.4, 0.5) is 5.69 Å². The Kier molecular flexibility index (Phi) is 5.13. The predicted molar refractivity (Wildman–Crippen MR) is 122 cm³/mol. The molecule has 0 bridgehead atoms. The zero-order valence-electron chi connectivity index (χ0n) is 17.0. The van der Waals surface area contributed by atoms with Crippen molar-refractivity contribution in [1.29, 1.82) is 0 Å². The van der Waals surface area contributed by atoms with E-state index in [0.29, 0.717) is 35.1 Å². The molecule has 1 aliphatic rings. The molecule has 4 aromatic rings. The lowest BCUT2D eigenvalue weighted by atomic mass is 10.0. The zero-order chi connectivity index (χ0) is 22.2. The fourth-order valence-corrected chi connectivity index (χ4v) is 4.22. The van der Waals surface area contributed by atoms with Crippen LogP contribution in [0.25, 0.3) is 11.4 Å². The Bertz CT molecular complexity index is 1370. The van der Waals surface area contributed by atoms with Crippen LogP contribution in [0.2, 0.25) is 5.02 Å². The molecule has 8 heteroatoms. The highest BCUT2D eigenvalue weighted by Crippen LogP contribution is 2.29. The van der Waals surface area contributed by atoms with Crippen molar-refractivity contribution in [3.8, 4) is 11.4 Å². The number of aromatic nitrogens is 3. The number of pyridine rings is 1. The van der Waals surface area contributed by atoms with Gasteiger partial charge in [-0.15, -0.1) is 0 Å². The summed E-state index contributed by atoms with van der Waals surface area (Å²) in [5.74, 6) is -0.206. The maximum absolute atomic E-state index is 13.5. The molecule has 0 saturated carbocycles. The summed E-state index contributed by atoms with van der Waals surface area (Å²) < 4.78 is 3.10. The standard InChI is InChI=1S/C24H19ClN4O3/c25-16-4-3-5-19(14-16)29-23-20(21(15-30)26-29)11-13-28(24(23)32)18-9-7-17(8-10-18)27-12-2-1-6-22(27)31/h1-10,12,14,30H,11,13,15H2. The van der Waals surface area contributed by atoms with E-state index in [4.69, 9.17) is 11.6 Å². The summed E-state index contributed by atoms with van der Waals surface area (Å²) in [5, 5.41) is 14.8. The van der Waals surface area contributed by atoms with Crippen molar-refractivity contribution in [2.24, 2.45) is 0 Å². The van der Waals surface area contributed by atoms with E-state index >= 15 is 0 Å². The molecule has 5 rings (SSSR count). The van der Waals surface area contributed by atoms with Crippen LogP contribution in [0.3, 0.4) is 0 Å². The lowest BCUT2D eigenvalue weighted by molar-refractivity contribution is 0.0973. The van der Waals surface area contributed by atoms with Crippen LogP contribution in [0, 0.1) is 0 Å². The number of hydrogen-bond donors (Lipinski definition) is 1. The molecule has 0 spiro atoms. The Morgan fingerprint density at radius 1 is 0.938 bits per heavy atom. The third-order valence-electron chi connectivity index (χ3n) is 5.56. The van der Waals surface area contributed by atoms with Gasteiger partial charge >= 0.3 is 0 Å². The second-order valence-corrected chi connectivity index (χ2v) is 7.89. The predicted octanol–water partition coefficient (Wildman–Crippen LogP) is 3.37. The second kappa shape index (κ2) is 8.11. The van der Waals surface area contributed by atoms with Gasteiger partial charge in [-0.1, -0.05) is 23.7 Å². The summed E-state index contributed by atoms with van der Waals surface area (Å²) >= 11 is 6.15. The highest BCUT2D eigenvalue weighted by molar-refractivity contribution is 6.30. The molecule has 0 unspecified atom stereocenters. The first-order valence-corrected chi connectivity index (χ1v) is 10.5. The van der Waals surface area contributed by atoms with Crippen molar-refractivity contribution in [3.63, 3.8) is 0 Å². The van der Waals surface area contributed by atoms with Gasteiger partial charge in [-0.25, -0.2) is 4.68 Å². The zero-order valence-corrected chi connectivity index (χ0v) is 17.7. The third kappa shape index (κ3) is 3.41. The van der Waals surface area contributed by atoms with E-state index in [1.807, 2.05) is 30.3 Å². The van der Waals surface area contributed by atoms with Crippen molar-refractivity contribution in [2.75, 3.05) is 11.4 Å². The fraction of sp³-hybridized carbons (Fsp3) is 0.125. The molecular weight excluding hydrogens is 428 g/mol. The average molecular weight is 447 g/mol. The number of nitrogens with zero attached hydrogens (tertiary/aromatic N) is 4. The number of benzene rings is 2. The van der Waals surface area contributed by atoms with E-state index in [-0.39, 0.29) is 18.1 Å². The number of hydrogen-bond acceptors (Lipinski definition) is 4. The normalized spacial score (nSPS) is 13.3. The quantitative estimate of drug-likeness (QED) is 0.521. The second-order valence-electron chi connectivity index (χ2n) is 7.46. The minimum Gasteiger partial charge on any atom is -0.390 e. The van der Waals surface area contributed by atoms with Crippen molar-refractivity contribution < 1.29 is 9.90 Å². The molecule has 0 atom stereocenters. The minimum atomic E-state index is -0.246. The first-order chi connectivity index (χ1) is 15.6. The summed E-state index contributed by atoms with van der Waals surface area (Å²) in [6.45, 7) is 0.217. The van der Waals surface area contributed by atoms with Gasteiger partial charge in [0, 0.05) is 40.8 Å². The van der Waals surface area contributed by atoms with Gasteiger partial charge in [0.1, 0.15) is 5.69 Å². The van der Waals surface area contributed by atoms with Gasteiger partial charge in [0.15, 0.2) is 0 Å². The number of halogens is 1. The molecule has 1 amide bonds. The van der Waals surface area contributed by atoms with Gasteiger partial charge in [-0.3, -0.25) is 14.2 Å².